The first kappa shape index (κ1) is 18.1. The molecule has 0 unspecified atom stereocenters. The predicted molar refractivity (Wildman–Crippen MR) is 126 cm³/mol. The van der Waals surface area contributed by atoms with Gasteiger partial charge < -0.3 is 14.2 Å². The van der Waals surface area contributed by atoms with Crippen LogP contribution in [0.2, 0.25) is 0 Å². The van der Waals surface area contributed by atoms with Gasteiger partial charge >= 0.3 is 0 Å². The quantitative estimate of drug-likeness (QED) is 0.172. The number of nitrogens with one attached hydrogen (secondary N) is 1. The van der Waals surface area contributed by atoms with Crippen LogP contribution in [0.5, 0.6) is 0 Å². The van der Waals surface area contributed by atoms with E-state index in [9.17, 15) is 20.2 Å². The van der Waals surface area contributed by atoms with Crippen molar-refractivity contribution in [2.45, 2.75) is 30.7 Å². The Morgan fingerprint density at radius 3 is 1.97 bits per heavy atom. The molecule has 9 nitrogen and oxygen atoms in total. The fourth-order valence-corrected chi connectivity index (χ4v) is 6.82. The van der Waals surface area contributed by atoms with Crippen molar-refractivity contribution in [1.82, 2.24) is 14.5 Å². The third kappa shape index (κ3) is 1.80. The van der Waals surface area contributed by atoms with Crippen molar-refractivity contribution in [2.75, 3.05) is 0 Å². The third-order valence-corrected chi connectivity index (χ3v) is 7.95. The number of aromatic nitrogens is 2. The highest BCUT2D eigenvalue weighted by atomic mass is 16.3. The Morgan fingerprint density at radius 1 is 0.882 bits per heavy atom. The molecule has 4 atom stereocenters. The van der Waals surface area contributed by atoms with Gasteiger partial charge in [-0.2, -0.15) is 0 Å². The van der Waals surface area contributed by atoms with E-state index < -0.39 is 24.0 Å². The summed E-state index contributed by atoms with van der Waals surface area (Å²) in [5.41, 5.74) is 13.5. The van der Waals surface area contributed by atoms with E-state index in [1.165, 1.54) is 0 Å². The second-order valence-electron chi connectivity index (χ2n) is 9.31. The molecule has 0 saturated heterocycles. The number of aliphatic hydroxyl groups excluding tert-OH is 1. The Morgan fingerprint density at radius 2 is 1.41 bits per heavy atom. The predicted octanol–water partition coefficient (Wildman–Crippen LogP) is 4.33. The molecular formula is C25H16N6O3. The first-order chi connectivity index (χ1) is 16.6. The van der Waals surface area contributed by atoms with Gasteiger partial charge in [0, 0.05) is 43.5 Å². The maximum atomic E-state index is 13.2. The summed E-state index contributed by atoms with van der Waals surface area (Å²) in [6.45, 7) is 0. The van der Waals surface area contributed by atoms with E-state index in [0.29, 0.717) is 17.5 Å². The summed E-state index contributed by atoms with van der Waals surface area (Å²) in [4.78, 5) is 29.4. The summed E-state index contributed by atoms with van der Waals surface area (Å²) in [7, 11) is 0. The molecule has 0 radical (unpaired) electrons. The number of fused-ring (bicyclic) bond motifs is 13. The van der Waals surface area contributed by atoms with Crippen molar-refractivity contribution in [3.8, 4) is 0 Å². The van der Waals surface area contributed by atoms with E-state index in [1.54, 1.807) is 0 Å². The maximum Gasteiger partial charge on any atom is 0.259 e. The second-order valence-corrected chi connectivity index (χ2v) is 9.31. The number of para-hydroxylation sites is 2. The summed E-state index contributed by atoms with van der Waals surface area (Å²) in [6, 6.07) is 14.2. The monoisotopic (exact) mass is 448 g/mol. The second kappa shape index (κ2) is 5.77. The smallest absolute Gasteiger partial charge is 0.259 e. The molecule has 1 saturated carbocycles. The molecule has 5 aromatic rings. The minimum Gasteiger partial charge on any atom is -0.390 e. The minimum absolute atomic E-state index is 0.293. The lowest BCUT2D eigenvalue weighted by Gasteiger charge is -2.24. The molecule has 0 spiro atoms. The van der Waals surface area contributed by atoms with Gasteiger partial charge in [0.25, 0.3) is 11.8 Å². The third-order valence-electron chi connectivity index (χ3n) is 7.95. The number of amides is 2. The molecular weight excluding hydrogens is 432 g/mol. The molecule has 3 aromatic carbocycles. The normalized spacial score (nSPS) is 24.9. The van der Waals surface area contributed by atoms with Crippen molar-refractivity contribution >= 4 is 55.4 Å². The highest BCUT2D eigenvalue weighted by molar-refractivity contribution is 6.39. The number of aliphatic hydroxyl groups is 1. The fraction of sp³-hybridized carbons (Fsp3) is 0.200. The zero-order valence-electron chi connectivity index (χ0n) is 17.6. The van der Waals surface area contributed by atoms with Crippen molar-refractivity contribution < 1.29 is 14.7 Å². The summed E-state index contributed by atoms with van der Waals surface area (Å²) < 4.78 is 4.24. The largest absolute Gasteiger partial charge is 0.390 e. The maximum absolute atomic E-state index is 13.2. The summed E-state index contributed by atoms with van der Waals surface area (Å²) in [5.74, 6) is -0.800. The van der Waals surface area contributed by atoms with Crippen LogP contribution in [0.1, 0.15) is 39.2 Å². The van der Waals surface area contributed by atoms with E-state index in [-0.39, 0.29) is 12.1 Å². The number of carbonyl (C=O) groups is 2. The van der Waals surface area contributed by atoms with Gasteiger partial charge in [-0.05, 0) is 24.1 Å². The van der Waals surface area contributed by atoms with Crippen LogP contribution in [0, 0.1) is 0 Å². The molecule has 2 amide bonds. The van der Waals surface area contributed by atoms with E-state index >= 15 is 0 Å². The highest BCUT2D eigenvalue weighted by Gasteiger charge is 2.49. The average Bonchev–Trinajstić information content (AvgIpc) is 3.50. The number of nitrogens with zero attached hydrogens (tertiary/aromatic N) is 5. The molecule has 8 rings (SSSR count). The van der Waals surface area contributed by atoms with Crippen molar-refractivity contribution in [1.29, 1.82) is 0 Å². The zero-order chi connectivity index (χ0) is 22.9. The Hall–Kier alpha value is -4.33. The molecule has 2 aliphatic heterocycles. The van der Waals surface area contributed by atoms with Crippen molar-refractivity contribution in [3.05, 3.63) is 70.1 Å². The topological polar surface area (TPSA) is 125 Å². The Bertz CT molecular complexity index is 1860. The molecule has 164 valence electrons. The van der Waals surface area contributed by atoms with Crippen LogP contribution in [-0.4, -0.2) is 38.2 Å². The highest BCUT2D eigenvalue weighted by Crippen LogP contribution is 2.54. The van der Waals surface area contributed by atoms with Crippen LogP contribution in [-0.2, 0) is 0 Å². The SMILES string of the molecule is [N-]=[N+]=N[C@H]1[C@H](O)[C@@H]2C[C@H]1n1c3ccccc3c3c4c(c5c6ccccc6n2c5c31)C(=O)NC4=O. The molecule has 1 aliphatic carbocycles. The Kier molecular flexibility index (Phi) is 3.08. The van der Waals surface area contributed by atoms with Crippen molar-refractivity contribution in [2.24, 2.45) is 5.11 Å². The number of imide groups is 1. The van der Waals surface area contributed by atoms with Gasteiger partial charge in [-0.1, -0.05) is 41.5 Å². The summed E-state index contributed by atoms with van der Waals surface area (Å²) >= 11 is 0. The van der Waals surface area contributed by atoms with Gasteiger partial charge in [0.05, 0.1) is 40.3 Å². The molecule has 1 fully saturated rings. The number of rotatable bonds is 1. The lowest BCUT2D eigenvalue weighted by Crippen LogP contribution is -2.30. The molecule has 3 aliphatic rings. The van der Waals surface area contributed by atoms with Crippen molar-refractivity contribution in [3.63, 3.8) is 0 Å². The first-order valence-electron chi connectivity index (χ1n) is 11.2. The minimum atomic E-state index is -0.895. The number of carbonyl (C=O) groups excluding carboxylic acids is 2. The molecule has 9 heteroatoms. The van der Waals surface area contributed by atoms with E-state index in [2.05, 4.69) is 24.5 Å². The summed E-state index contributed by atoms with van der Waals surface area (Å²) in [6.07, 6.45) is -0.334. The van der Waals surface area contributed by atoms with Gasteiger partial charge in [0.15, 0.2) is 0 Å². The van der Waals surface area contributed by atoms with Crippen LogP contribution in [0.25, 0.3) is 54.1 Å². The standard InChI is InChI=1S/C25H16N6O3/c26-29-28-20-14-9-15(23(20)32)31-13-8-4-2-6-11(13)17-19-18(24(33)27-25(19)34)16-10-5-1-3-7-12(10)30(14)21(16)22(17)31/h1-8,14-15,20,23,32H,9H2,(H,27,33,34)/t14-,15+,20-,23-/m1/s1. The zero-order valence-corrected chi connectivity index (χ0v) is 17.6. The van der Waals surface area contributed by atoms with Gasteiger partial charge in [0.1, 0.15) is 0 Å². The Labute approximate surface area is 190 Å². The number of hydrogen-bond donors (Lipinski definition) is 2. The van der Waals surface area contributed by atoms with Crippen LogP contribution < -0.4 is 5.32 Å². The number of hydrogen-bond acceptors (Lipinski definition) is 4. The van der Waals surface area contributed by atoms with Gasteiger partial charge in [-0.25, -0.2) is 0 Å². The van der Waals surface area contributed by atoms with Gasteiger partial charge in [-0.3, -0.25) is 14.9 Å². The molecule has 34 heavy (non-hydrogen) atoms. The average molecular weight is 448 g/mol. The van der Waals surface area contributed by atoms with Crippen LogP contribution in [0.15, 0.2) is 53.6 Å². The van der Waals surface area contributed by atoms with Gasteiger partial charge in [-0.15, -0.1) is 0 Å². The van der Waals surface area contributed by atoms with Gasteiger partial charge in [0.2, 0.25) is 0 Å². The van der Waals surface area contributed by atoms with Crippen LogP contribution in [0.4, 0.5) is 0 Å². The molecule has 2 aromatic heterocycles. The first-order valence-corrected chi connectivity index (χ1v) is 11.2. The fourth-order valence-electron chi connectivity index (χ4n) is 6.82. The molecule has 4 heterocycles. The van der Waals surface area contributed by atoms with E-state index in [1.807, 2.05) is 48.5 Å². The van der Waals surface area contributed by atoms with E-state index in [0.717, 1.165) is 43.6 Å². The molecule has 2 bridgehead atoms. The summed E-state index contributed by atoms with van der Waals surface area (Å²) in [5, 5.41) is 21.1. The van der Waals surface area contributed by atoms with E-state index in [4.69, 9.17) is 0 Å². The number of benzene rings is 3. The molecule has 2 N–H and O–H groups in total. The number of azide groups is 1. The Balaban J connectivity index is 1.76. The lowest BCUT2D eigenvalue weighted by atomic mass is 9.96. The van der Waals surface area contributed by atoms with Crippen LogP contribution >= 0.6 is 0 Å². The van der Waals surface area contributed by atoms with Crippen LogP contribution in [0.3, 0.4) is 0 Å². The lowest BCUT2D eigenvalue weighted by molar-refractivity contribution is 0.0880.